The molecule has 3 aliphatic rings. The van der Waals surface area contributed by atoms with Crippen molar-refractivity contribution in [3.63, 3.8) is 0 Å². The zero-order valence-corrected chi connectivity index (χ0v) is 8.33. The first-order chi connectivity index (χ1) is 5.65. The lowest BCUT2D eigenvalue weighted by Gasteiger charge is -2.49. The van der Waals surface area contributed by atoms with Crippen LogP contribution in [-0.2, 0) is 0 Å². The molecule has 0 aliphatic carbocycles. The van der Waals surface area contributed by atoms with E-state index in [9.17, 15) is 4.79 Å². The van der Waals surface area contributed by atoms with Crippen LogP contribution in [0.25, 0.3) is 0 Å². The first-order valence-electron chi connectivity index (χ1n) is 4.12. The monoisotopic (exact) mass is 235 g/mol. The summed E-state index contributed by atoms with van der Waals surface area (Å²) in [4.78, 5) is 13.5. The summed E-state index contributed by atoms with van der Waals surface area (Å²) in [5.41, 5.74) is 0. The molecule has 0 aromatic rings. The van der Waals surface area contributed by atoms with Crippen LogP contribution in [0, 0.1) is 0 Å². The van der Waals surface area contributed by atoms with Gasteiger partial charge >= 0.3 is 6.09 Å². The highest BCUT2D eigenvalue weighted by Gasteiger charge is 2.51. The second-order valence-electron chi connectivity index (χ2n) is 3.50. The standard InChI is InChI=1S/C7H11BrN2O2/c8-6-5-9-1-3-10(6,4-2-9)7(11)12/h6H,1-5H2/p+1. The summed E-state index contributed by atoms with van der Waals surface area (Å²) in [5.74, 6) is 0. The molecule has 0 aromatic carbocycles. The predicted octanol–water partition coefficient (Wildman–Crippen LogP) is 0.531. The largest absolute Gasteiger partial charge is 0.514 e. The molecule has 3 heterocycles. The fourth-order valence-electron chi connectivity index (χ4n) is 2.01. The van der Waals surface area contributed by atoms with Crippen LogP contribution in [0.15, 0.2) is 0 Å². The highest BCUT2D eigenvalue weighted by Crippen LogP contribution is 2.29. The maximum absolute atomic E-state index is 11.1. The van der Waals surface area contributed by atoms with Crippen LogP contribution in [0.4, 0.5) is 4.79 Å². The van der Waals surface area contributed by atoms with E-state index in [2.05, 4.69) is 20.8 Å². The molecule has 0 radical (unpaired) electrons. The van der Waals surface area contributed by atoms with Crippen LogP contribution in [0.3, 0.4) is 0 Å². The van der Waals surface area contributed by atoms with Gasteiger partial charge in [-0.1, -0.05) is 0 Å². The van der Waals surface area contributed by atoms with E-state index < -0.39 is 6.09 Å². The van der Waals surface area contributed by atoms with Crippen molar-refractivity contribution in [3.8, 4) is 0 Å². The number of nitrogens with zero attached hydrogens (tertiary/aromatic N) is 2. The van der Waals surface area contributed by atoms with Gasteiger partial charge in [0.25, 0.3) is 0 Å². The molecular weight excluding hydrogens is 224 g/mol. The zero-order valence-electron chi connectivity index (χ0n) is 6.74. The fourth-order valence-corrected chi connectivity index (χ4v) is 3.00. The molecule has 5 heteroatoms. The van der Waals surface area contributed by atoms with Crippen molar-refractivity contribution in [2.45, 2.75) is 4.95 Å². The van der Waals surface area contributed by atoms with E-state index in [-0.39, 0.29) is 9.43 Å². The maximum Gasteiger partial charge on any atom is 0.514 e. The van der Waals surface area contributed by atoms with Gasteiger partial charge in [0.15, 0.2) is 4.95 Å². The Labute approximate surface area is 79.5 Å². The number of carboxylic acid groups (broad SMARTS) is 1. The SMILES string of the molecule is O=C(O)[N+]12CCN(CC1)CC2Br. The first kappa shape index (κ1) is 8.47. The van der Waals surface area contributed by atoms with Crippen LogP contribution in [0.5, 0.6) is 0 Å². The summed E-state index contributed by atoms with van der Waals surface area (Å²) in [6.07, 6.45) is -0.684. The molecule has 1 unspecified atom stereocenters. The summed E-state index contributed by atoms with van der Waals surface area (Å²) in [7, 11) is 0. The topological polar surface area (TPSA) is 40.5 Å². The van der Waals surface area contributed by atoms with Crippen molar-refractivity contribution >= 4 is 22.0 Å². The van der Waals surface area contributed by atoms with E-state index in [1.807, 2.05) is 0 Å². The van der Waals surface area contributed by atoms with Gasteiger partial charge in [0.1, 0.15) is 13.1 Å². The van der Waals surface area contributed by atoms with Crippen LogP contribution in [-0.4, -0.2) is 58.3 Å². The summed E-state index contributed by atoms with van der Waals surface area (Å²) < 4.78 is 0.219. The molecule has 2 bridgehead atoms. The third-order valence-corrected chi connectivity index (χ3v) is 4.03. The number of hydrogen-bond acceptors (Lipinski definition) is 2. The number of quaternary nitrogens is 1. The lowest BCUT2D eigenvalue weighted by Crippen LogP contribution is -2.72. The molecule has 12 heavy (non-hydrogen) atoms. The average molecular weight is 236 g/mol. The second kappa shape index (κ2) is 2.68. The number of halogens is 1. The van der Waals surface area contributed by atoms with Crippen molar-refractivity contribution in [1.82, 2.24) is 4.90 Å². The van der Waals surface area contributed by atoms with Crippen molar-refractivity contribution in [1.29, 1.82) is 0 Å². The zero-order chi connectivity index (χ0) is 8.77. The molecule has 3 saturated heterocycles. The molecule has 0 spiro atoms. The molecule has 3 rings (SSSR count). The minimum atomic E-state index is -0.684. The van der Waals surface area contributed by atoms with Gasteiger partial charge in [-0.15, -0.1) is 0 Å². The fraction of sp³-hybridized carbons (Fsp3) is 0.857. The molecule has 1 N–H and O–H groups in total. The molecule has 3 fully saturated rings. The number of fused-ring (bicyclic) bond motifs is 3. The van der Waals surface area contributed by atoms with Crippen molar-refractivity contribution in [3.05, 3.63) is 0 Å². The molecule has 0 saturated carbocycles. The van der Waals surface area contributed by atoms with Gasteiger partial charge in [-0.05, 0) is 15.9 Å². The van der Waals surface area contributed by atoms with Crippen molar-refractivity contribution in [2.24, 2.45) is 0 Å². The molecule has 3 aliphatic heterocycles. The van der Waals surface area contributed by atoms with E-state index >= 15 is 0 Å². The molecule has 4 nitrogen and oxygen atoms in total. The Balaban J connectivity index is 2.26. The normalized spacial score (nSPS) is 46.1. The van der Waals surface area contributed by atoms with Crippen LogP contribution in [0.2, 0.25) is 0 Å². The van der Waals surface area contributed by atoms with E-state index in [0.717, 1.165) is 32.7 Å². The Bertz CT molecular complexity index is 213. The van der Waals surface area contributed by atoms with E-state index in [1.165, 1.54) is 0 Å². The minimum Gasteiger partial charge on any atom is -0.435 e. The number of hydrogen-bond donors (Lipinski definition) is 1. The summed E-state index contributed by atoms with van der Waals surface area (Å²) >= 11 is 3.45. The third kappa shape index (κ3) is 1.000. The first-order valence-corrected chi connectivity index (χ1v) is 5.03. The third-order valence-electron chi connectivity index (χ3n) is 2.96. The van der Waals surface area contributed by atoms with Gasteiger partial charge in [-0.3, -0.25) is 4.90 Å². The second-order valence-corrected chi connectivity index (χ2v) is 4.56. The summed E-state index contributed by atoms with van der Waals surface area (Å²) in [5, 5.41) is 9.11. The van der Waals surface area contributed by atoms with Gasteiger partial charge in [0.2, 0.25) is 0 Å². The predicted molar refractivity (Wildman–Crippen MR) is 47.2 cm³/mol. The Hall–Kier alpha value is -0.130. The van der Waals surface area contributed by atoms with Crippen LogP contribution in [0.1, 0.15) is 0 Å². The minimum absolute atomic E-state index is 0.0810. The van der Waals surface area contributed by atoms with Gasteiger partial charge in [-0.2, -0.15) is 4.79 Å². The highest BCUT2D eigenvalue weighted by atomic mass is 79.9. The smallest absolute Gasteiger partial charge is 0.435 e. The molecule has 0 aromatic heterocycles. The maximum atomic E-state index is 11.1. The van der Waals surface area contributed by atoms with E-state index in [1.54, 1.807) is 0 Å². The van der Waals surface area contributed by atoms with Crippen LogP contribution >= 0.6 is 15.9 Å². The summed E-state index contributed by atoms with van der Waals surface area (Å²) in [6.45, 7) is 4.20. The van der Waals surface area contributed by atoms with Crippen molar-refractivity contribution in [2.75, 3.05) is 32.7 Å². The Morgan fingerprint density at radius 1 is 1.50 bits per heavy atom. The van der Waals surface area contributed by atoms with Gasteiger partial charge in [-0.25, -0.2) is 4.48 Å². The summed E-state index contributed by atoms with van der Waals surface area (Å²) in [6, 6.07) is 0. The van der Waals surface area contributed by atoms with E-state index in [4.69, 9.17) is 5.11 Å². The molecule has 1 atom stereocenters. The number of piperazine rings is 3. The molecule has 1 amide bonds. The number of amides is 1. The van der Waals surface area contributed by atoms with Gasteiger partial charge < -0.3 is 5.11 Å². The Kier molecular flexibility index (Phi) is 1.89. The Morgan fingerprint density at radius 2 is 2.08 bits per heavy atom. The lowest BCUT2D eigenvalue weighted by molar-refractivity contribution is -0.881. The van der Waals surface area contributed by atoms with E-state index in [0.29, 0.717) is 0 Å². The van der Waals surface area contributed by atoms with Gasteiger partial charge in [0.05, 0.1) is 6.54 Å². The lowest BCUT2D eigenvalue weighted by atomic mass is 10.2. The number of alkyl halides is 1. The van der Waals surface area contributed by atoms with Crippen molar-refractivity contribution < 1.29 is 14.4 Å². The average Bonchev–Trinajstić information content (AvgIpc) is 2.05. The van der Waals surface area contributed by atoms with Crippen LogP contribution < -0.4 is 0 Å². The number of carbonyl (C=O) groups is 1. The quantitative estimate of drug-likeness (QED) is 0.379. The number of rotatable bonds is 0. The highest BCUT2D eigenvalue weighted by molar-refractivity contribution is 9.09. The molecular formula is C7H12BrN2O2+. The molecule has 68 valence electrons. The Morgan fingerprint density at radius 3 is 2.42 bits per heavy atom. The van der Waals surface area contributed by atoms with Gasteiger partial charge in [0, 0.05) is 13.1 Å².